The van der Waals surface area contributed by atoms with E-state index in [2.05, 4.69) is 10.5 Å². The van der Waals surface area contributed by atoms with E-state index in [1.807, 2.05) is 13.8 Å². The molecule has 150 valence electrons. The number of nitrogens with zero attached hydrogens (tertiary/aromatic N) is 3. The van der Waals surface area contributed by atoms with Gasteiger partial charge in [-0.25, -0.2) is 0 Å². The monoisotopic (exact) mass is 408 g/mol. The van der Waals surface area contributed by atoms with E-state index in [0.717, 1.165) is 6.07 Å². The molecule has 9 nitrogen and oxygen atoms in total. The topological polar surface area (TPSA) is 119 Å². The van der Waals surface area contributed by atoms with Crippen molar-refractivity contribution in [2.75, 3.05) is 18.4 Å². The second-order valence-electron chi connectivity index (χ2n) is 6.70. The molecule has 1 N–H and O–H groups in total. The molecule has 0 radical (unpaired) electrons. The Hall–Kier alpha value is -2.94. The molecule has 0 saturated carbocycles. The fourth-order valence-corrected chi connectivity index (χ4v) is 2.66. The van der Waals surface area contributed by atoms with Gasteiger partial charge in [-0.1, -0.05) is 30.6 Å². The van der Waals surface area contributed by atoms with E-state index < -0.39 is 16.7 Å². The number of nitro benzene ring substituents is 1. The molecule has 0 aliphatic heterocycles. The van der Waals surface area contributed by atoms with E-state index >= 15 is 0 Å². The van der Waals surface area contributed by atoms with Crippen LogP contribution in [0.3, 0.4) is 0 Å². The summed E-state index contributed by atoms with van der Waals surface area (Å²) in [7, 11) is 0. The lowest BCUT2D eigenvalue weighted by atomic mass is 10.1. The van der Waals surface area contributed by atoms with Crippen LogP contribution in [0, 0.1) is 23.0 Å². The molecule has 2 amide bonds. The summed E-state index contributed by atoms with van der Waals surface area (Å²) in [4.78, 5) is 36.9. The minimum atomic E-state index is -0.593. The van der Waals surface area contributed by atoms with Crippen molar-refractivity contribution in [1.29, 1.82) is 0 Å². The van der Waals surface area contributed by atoms with Crippen molar-refractivity contribution in [1.82, 2.24) is 10.1 Å². The third kappa shape index (κ3) is 5.78. The average molecular weight is 409 g/mol. The Bertz CT molecular complexity index is 881. The molecular formula is C18H21ClN4O5. The molecule has 0 aliphatic rings. The molecule has 1 heterocycles. The van der Waals surface area contributed by atoms with Gasteiger partial charge in [-0.2, -0.15) is 0 Å². The molecule has 2 aromatic rings. The number of anilines is 1. The maximum absolute atomic E-state index is 12.9. The van der Waals surface area contributed by atoms with Gasteiger partial charge in [-0.3, -0.25) is 19.7 Å². The minimum absolute atomic E-state index is 0.0405. The average Bonchev–Trinajstić information content (AvgIpc) is 3.02. The Morgan fingerprint density at radius 1 is 1.36 bits per heavy atom. The van der Waals surface area contributed by atoms with E-state index in [4.69, 9.17) is 16.1 Å². The van der Waals surface area contributed by atoms with Crippen molar-refractivity contribution >= 4 is 34.9 Å². The first-order valence-electron chi connectivity index (χ1n) is 8.63. The number of amides is 2. The highest BCUT2D eigenvalue weighted by molar-refractivity contribution is 6.34. The molecule has 10 heteroatoms. The normalized spacial score (nSPS) is 10.8. The highest BCUT2D eigenvalue weighted by Crippen LogP contribution is 2.24. The van der Waals surface area contributed by atoms with Gasteiger partial charge in [0.1, 0.15) is 12.3 Å². The van der Waals surface area contributed by atoms with Crippen LogP contribution in [-0.4, -0.2) is 39.9 Å². The van der Waals surface area contributed by atoms with Gasteiger partial charge in [0.15, 0.2) is 5.82 Å². The summed E-state index contributed by atoms with van der Waals surface area (Å²) in [6.45, 7) is 5.80. The summed E-state index contributed by atoms with van der Waals surface area (Å²) >= 11 is 6.07. The highest BCUT2D eigenvalue weighted by Gasteiger charge is 2.23. The van der Waals surface area contributed by atoms with Crippen molar-refractivity contribution in [2.45, 2.75) is 27.2 Å². The van der Waals surface area contributed by atoms with Crippen LogP contribution in [0.2, 0.25) is 5.02 Å². The number of halogens is 1. The summed E-state index contributed by atoms with van der Waals surface area (Å²) in [6, 6.07) is 5.18. The van der Waals surface area contributed by atoms with Crippen LogP contribution in [0.15, 0.2) is 28.8 Å². The molecule has 1 aromatic carbocycles. The maximum Gasteiger partial charge on any atom is 0.270 e. The van der Waals surface area contributed by atoms with Gasteiger partial charge in [-0.05, 0) is 25.3 Å². The number of carbonyl (C=O) groups is 2. The van der Waals surface area contributed by atoms with Gasteiger partial charge in [0, 0.05) is 24.7 Å². The zero-order valence-corrected chi connectivity index (χ0v) is 16.5. The first-order valence-corrected chi connectivity index (χ1v) is 9.01. The highest BCUT2D eigenvalue weighted by atomic mass is 35.5. The zero-order chi connectivity index (χ0) is 20.8. The molecule has 28 heavy (non-hydrogen) atoms. The Balaban J connectivity index is 2.17. The van der Waals surface area contributed by atoms with Crippen LogP contribution in [0.1, 0.15) is 36.4 Å². The molecule has 0 aliphatic carbocycles. The second kappa shape index (κ2) is 9.32. The number of benzene rings is 1. The standard InChI is InChI=1S/C18H21ClN4O5/c1-11(2)6-7-22(10-17(24)20-16-8-12(3)28-21-16)18(25)14-5-4-13(23(26)27)9-15(14)19/h4-5,8-9,11H,6-7,10H2,1-3H3,(H,20,21,24). The summed E-state index contributed by atoms with van der Waals surface area (Å²) in [5.74, 6) is 0.187. The second-order valence-corrected chi connectivity index (χ2v) is 7.11. The molecule has 0 fully saturated rings. The van der Waals surface area contributed by atoms with Crippen LogP contribution in [0.25, 0.3) is 0 Å². The number of rotatable bonds is 8. The van der Waals surface area contributed by atoms with Crippen LogP contribution in [0.5, 0.6) is 0 Å². The summed E-state index contributed by atoms with van der Waals surface area (Å²) in [5, 5.41) is 17.1. The predicted molar refractivity (Wildman–Crippen MR) is 103 cm³/mol. The van der Waals surface area contributed by atoms with E-state index in [1.165, 1.54) is 17.0 Å². The van der Waals surface area contributed by atoms with Gasteiger partial charge < -0.3 is 14.7 Å². The quantitative estimate of drug-likeness (QED) is 0.525. The fourth-order valence-electron chi connectivity index (χ4n) is 2.41. The fraction of sp³-hybridized carbons (Fsp3) is 0.389. The van der Waals surface area contributed by atoms with Crippen molar-refractivity contribution < 1.29 is 19.0 Å². The number of nitrogens with one attached hydrogen (secondary N) is 1. The molecule has 0 unspecified atom stereocenters. The van der Waals surface area contributed by atoms with Crippen molar-refractivity contribution in [2.24, 2.45) is 5.92 Å². The molecule has 0 saturated heterocycles. The first kappa shape index (κ1) is 21.4. The van der Waals surface area contributed by atoms with E-state index in [9.17, 15) is 19.7 Å². The van der Waals surface area contributed by atoms with E-state index in [1.54, 1.807) is 13.0 Å². The SMILES string of the molecule is Cc1cc(NC(=O)CN(CCC(C)C)C(=O)c2ccc([N+](=O)[O-])cc2Cl)no1. The Labute approximate surface area is 166 Å². The van der Waals surface area contributed by atoms with Gasteiger partial charge in [0.05, 0.1) is 15.5 Å². The molecule has 1 aromatic heterocycles. The van der Waals surface area contributed by atoms with Crippen LogP contribution in [0.4, 0.5) is 11.5 Å². The van der Waals surface area contributed by atoms with Crippen molar-refractivity contribution in [3.63, 3.8) is 0 Å². The molecule has 0 bridgehead atoms. The molecular weight excluding hydrogens is 388 g/mol. The number of non-ortho nitro benzene ring substituents is 1. The van der Waals surface area contributed by atoms with Crippen LogP contribution in [-0.2, 0) is 4.79 Å². The van der Waals surface area contributed by atoms with Gasteiger partial charge >= 0.3 is 0 Å². The summed E-state index contributed by atoms with van der Waals surface area (Å²) in [6.07, 6.45) is 0.673. The first-order chi connectivity index (χ1) is 13.2. The Morgan fingerprint density at radius 2 is 2.07 bits per heavy atom. The smallest absolute Gasteiger partial charge is 0.270 e. The lowest BCUT2D eigenvalue weighted by Crippen LogP contribution is -2.39. The third-order valence-corrected chi connectivity index (χ3v) is 4.20. The van der Waals surface area contributed by atoms with Crippen molar-refractivity contribution in [3.05, 3.63) is 50.7 Å². The largest absolute Gasteiger partial charge is 0.360 e. The number of nitro groups is 1. The molecule has 0 atom stereocenters. The minimum Gasteiger partial charge on any atom is -0.360 e. The molecule has 2 rings (SSSR count). The summed E-state index contributed by atoms with van der Waals surface area (Å²) in [5.41, 5.74) is -0.115. The van der Waals surface area contributed by atoms with E-state index in [-0.39, 0.29) is 28.6 Å². The number of aromatic nitrogens is 1. The van der Waals surface area contributed by atoms with Gasteiger partial charge in [0.25, 0.3) is 11.6 Å². The number of hydrogen-bond acceptors (Lipinski definition) is 6. The third-order valence-electron chi connectivity index (χ3n) is 3.89. The lowest BCUT2D eigenvalue weighted by Gasteiger charge is -2.23. The number of carbonyl (C=O) groups excluding carboxylic acids is 2. The Morgan fingerprint density at radius 3 is 2.61 bits per heavy atom. The zero-order valence-electron chi connectivity index (χ0n) is 15.8. The summed E-state index contributed by atoms with van der Waals surface area (Å²) < 4.78 is 4.89. The lowest BCUT2D eigenvalue weighted by molar-refractivity contribution is -0.384. The van der Waals surface area contributed by atoms with Crippen LogP contribution < -0.4 is 5.32 Å². The number of aryl methyl sites for hydroxylation is 1. The van der Waals surface area contributed by atoms with E-state index in [0.29, 0.717) is 24.6 Å². The number of hydrogen-bond donors (Lipinski definition) is 1. The predicted octanol–water partition coefficient (Wildman–Crippen LogP) is 3.67. The van der Waals surface area contributed by atoms with Crippen LogP contribution >= 0.6 is 11.6 Å². The van der Waals surface area contributed by atoms with Gasteiger partial charge in [-0.15, -0.1) is 0 Å². The van der Waals surface area contributed by atoms with Gasteiger partial charge in [0.2, 0.25) is 5.91 Å². The maximum atomic E-state index is 12.9. The Kier molecular flexibility index (Phi) is 7.11. The molecule has 0 spiro atoms. The van der Waals surface area contributed by atoms with Crippen molar-refractivity contribution in [3.8, 4) is 0 Å².